The first-order valence-corrected chi connectivity index (χ1v) is 13.5. The van der Waals surface area contributed by atoms with Gasteiger partial charge in [0.05, 0.1) is 11.8 Å². The van der Waals surface area contributed by atoms with E-state index in [1.54, 1.807) is 0 Å². The third kappa shape index (κ3) is 5.61. The summed E-state index contributed by atoms with van der Waals surface area (Å²) in [5.41, 5.74) is 3.46. The SMILES string of the molecule is O=C(O)CC1(C(=O)N[C@@H](Cc2ccc(-c3ccccc3)cc2)C(=O)N2CCC[C@H]2C(=O)O)Cc2ccccc2C1. The Morgan fingerprint density at radius 2 is 1.45 bits per heavy atom. The van der Waals surface area contributed by atoms with Gasteiger partial charge >= 0.3 is 11.9 Å². The van der Waals surface area contributed by atoms with Crippen LogP contribution in [0.25, 0.3) is 11.1 Å². The summed E-state index contributed by atoms with van der Waals surface area (Å²) >= 11 is 0. The summed E-state index contributed by atoms with van der Waals surface area (Å²) < 4.78 is 0. The highest BCUT2D eigenvalue weighted by Crippen LogP contribution is 2.40. The van der Waals surface area contributed by atoms with E-state index < -0.39 is 41.3 Å². The molecule has 2 atom stereocenters. The number of hydrogen-bond acceptors (Lipinski definition) is 4. The number of aliphatic carboxylic acids is 2. The maximum absolute atomic E-state index is 13.9. The van der Waals surface area contributed by atoms with Gasteiger partial charge in [0.1, 0.15) is 12.1 Å². The average molecular weight is 541 g/mol. The lowest BCUT2D eigenvalue weighted by Crippen LogP contribution is -2.56. The van der Waals surface area contributed by atoms with E-state index in [4.69, 9.17) is 0 Å². The smallest absolute Gasteiger partial charge is 0.326 e. The molecule has 0 bridgehead atoms. The second-order valence-corrected chi connectivity index (χ2v) is 10.8. The van der Waals surface area contributed by atoms with Gasteiger partial charge in [0, 0.05) is 13.0 Å². The lowest BCUT2D eigenvalue weighted by atomic mass is 9.80. The molecule has 8 nitrogen and oxygen atoms in total. The molecular weight excluding hydrogens is 508 g/mol. The number of rotatable bonds is 9. The number of carbonyl (C=O) groups is 4. The van der Waals surface area contributed by atoms with E-state index in [0.717, 1.165) is 27.8 Å². The van der Waals surface area contributed by atoms with Crippen LogP contribution < -0.4 is 5.32 Å². The molecule has 0 radical (unpaired) electrons. The quantitative estimate of drug-likeness (QED) is 0.380. The molecule has 0 aromatic heterocycles. The van der Waals surface area contributed by atoms with Gasteiger partial charge in [-0.15, -0.1) is 0 Å². The molecule has 5 rings (SSSR count). The van der Waals surface area contributed by atoms with E-state index in [2.05, 4.69) is 5.32 Å². The fourth-order valence-corrected chi connectivity index (χ4v) is 6.05. The second kappa shape index (κ2) is 11.3. The van der Waals surface area contributed by atoms with Gasteiger partial charge in [-0.05, 0) is 53.5 Å². The summed E-state index contributed by atoms with van der Waals surface area (Å²) in [6.45, 7) is 0.292. The van der Waals surface area contributed by atoms with Crippen molar-refractivity contribution < 1.29 is 29.4 Å². The van der Waals surface area contributed by atoms with Gasteiger partial charge < -0.3 is 20.4 Å². The highest BCUT2D eigenvalue weighted by atomic mass is 16.4. The van der Waals surface area contributed by atoms with Gasteiger partial charge in [-0.25, -0.2) is 4.79 Å². The van der Waals surface area contributed by atoms with Crippen LogP contribution >= 0.6 is 0 Å². The number of carbonyl (C=O) groups excluding carboxylic acids is 2. The van der Waals surface area contributed by atoms with Crippen molar-refractivity contribution in [2.45, 2.75) is 50.6 Å². The van der Waals surface area contributed by atoms with Crippen molar-refractivity contribution in [1.29, 1.82) is 0 Å². The van der Waals surface area contributed by atoms with E-state index in [-0.39, 0.29) is 25.7 Å². The number of carboxylic acids is 2. The second-order valence-electron chi connectivity index (χ2n) is 10.8. The maximum Gasteiger partial charge on any atom is 0.326 e. The predicted octanol–water partition coefficient (Wildman–Crippen LogP) is 3.72. The van der Waals surface area contributed by atoms with E-state index in [9.17, 15) is 29.4 Å². The zero-order chi connectivity index (χ0) is 28.3. The zero-order valence-corrected chi connectivity index (χ0v) is 22.1. The van der Waals surface area contributed by atoms with Crippen molar-refractivity contribution in [1.82, 2.24) is 10.2 Å². The Balaban J connectivity index is 1.42. The van der Waals surface area contributed by atoms with Crippen molar-refractivity contribution in [3.8, 4) is 11.1 Å². The molecule has 3 N–H and O–H groups in total. The number of nitrogens with zero attached hydrogens (tertiary/aromatic N) is 1. The van der Waals surface area contributed by atoms with Crippen LogP contribution in [0.1, 0.15) is 36.0 Å². The van der Waals surface area contributed by atoms with Crippen molar-refractivity contribution in [2.75, 3.05) is 6.54 Å². The molecule has 1 heterocycles. The van der Waals surface area contributed by atoms with Gasteiger partial charge in [0.2, 0.25) is 11.8 Å². The number of fused-ring (bicyclic) bond motifs is 1. The van der Waals surface area contributed by atoms with Gasteiger partial charge in [0.25, 0.3) is 0 Å². The molecule has 0 spiro atoms. The summed E-state index contributed by atoms with van der Waals surface area (Å²) in [6.07, 6.45) is 1.21. The molecule has 2 aliphatic rings. The van der Waals surface area contributed by atoms with E-state index in [1.807, 2.05) is 78.9 Å². The zero-order valence-electron chi connectivity index (χ0n) is 22.1. The van der Waals surface area contributed by atoms with Crippen LogP contribution in [-0.4, -0.2) is 57.5 Å². The van der Waals surface area contributed by atoms with Crippen molar-refractivity contribution >= 4 is 23.8 Å². The molecule has 8 heteroatoms. The monoisotopic (exact) mass is 540 g/mol. The van der Waals surface area contributed by atoms with Crippen LogP contribution in [0.2, 0.25) is 0 Å². The van der Waals surface area contributed by atoms with Gasteiger partial charge in [0.15, 0.2) is 0 Å². The molecule has 3 aromatic rings. The number of likely N-dealkylation sites (tertiary alicyclic amines) is 1. The molecule has 2 amide bonds. The fraction of sp³-hybridized carbons (Fsp3) is 0.312. The van der Waals surface area contributed by atoms with E-state index in [1.165, 1.54) is 4.90 Å². The largest absolute Gasteiger partial charge is 0.481 e. The Morgan fingerprint density at radius 3 is 2.05 bits per heavy atom. The number of benzene rings is 3. The first-order valence-electron chi connectivity index (χ1n) is 13.5. The third-order valence-electron chi connectivity index (χ3n) is 8.07. The van der Waals surface area contributed by atoms with Gasteiger partial charge in [-0.1, -0.05) is 78.9 Å². The Morgan fingerprint density at radius 1 is 0.850 bits per heavy atom. The van der Waals surface area contributed by atoms with E-state index >= 15 is 0 Å². The fourth-order valence-electron chi connectivity index (χ4n) is 6.05. The summed E-state index contributed by atoms with van der Waals surface area (Å²) in [4.78, 5) is 52.7. The number of hydrogen-bond donors (Lipinski definition) is 3. The number of amides is 2. The molecule has 0 unspecified atom stereocenters. The highest BCUT2D eigenvalue weighted by molar-refractivity contribution is 5.94. The molecule has 1 saturated heterocycles. The minimum atomic E-state index is -1.23. The molecule has 206 valence electrons. The molecule has 1 fully saturated rings. The summed E-state index contributed by atoms with van der Waals surface area (Å²) in [7, 11) is 0. The van der Waals surface area contributed by atoms with Crippen molar-refractivity contribution in [3.05, 3.63) is 95.6 Å². The number of carboxylic acid groups (broad SMARTS) is 2. The first kappa shape index (κ1) is 27.1. The summed E-state index contributed by atoms with van der Waals surface area (Å²) in [5, 5.41) is 22.3. The topological polar surface area (TPSA) is 124 Å². The van der Waals surface area contributed by atoms with Crippen molar-refractivity contribution in [2.24, 2.45) is 5.41 Å². The van der Waals surface area contributed by atoms with Crippen LogP contribution in [0, 0.1) is 5.41 Å². The predicted molar refractivity (Wildman–Crippen MR) is 148 cm³/mol. The minimum absolute atomic E-state index is 0.151. The Labute approximate surface area is 232 Å². The lowest BCUT2D eigenvalue weighted by Gasteiger charge is -2.31. The van der Waals surface area contributed by atoms with Crippen LogP contribution in [-0.2, 0) is 38.4 Å². The first-order chi connectivity index (χ1) is 19.3. The number of nitrogens with one attached hydrogen (secondary N) is 1. The molecule has 0 saturated carbocycles. The average Bonchev–Trinajstić information content (AvgIpc) is 3.58. The Hall–Kier alpha value is -4.46. The van der Waals surface area contributed by atoms with Crippen LogP contribution in [0.4, 0.5) is 0 Å². The third-order valence-corrected chi connectivity index (χ3v) is 8.07. The molecule has 40 heavy (non-hydrogen) atoms. The molecule has 1 aliphatic heterocycles. The Kier molecular flexibility index (Phi) is 7.69. The highest BCUT2D eigenvalue weighted by Gasteiger charge is 2.47. The standard InChI is InChI=1S/C32H32N2O6/c35-28(36)20-32(18-24-9-4-5-10-25(24)19-32)31(40)33-26(29(37)34-16-6-11-27(34)30(38)39)17-21-12-14-23(15-13-21)22-7-2-1-3-8-22/h1-5,7-10,12-15,26-27H,6,11,16-20H2,(H,33,40)(H,35,36)(H,38,39)/t26-,27-/m0/s1. The van der Waals surface area contributed by atoms with Crippen LogP contribution in [0.5, 0.6) is 0 Å². The van der Waals surface area contributed by atoms with Crippen LogP contribution in [0.3, 0.4) is 0 Å². The summed E-state index contributed by atoms with van der Waals surface area (Å²) in [5.74, 6) is -3.13. The van der Waals surface area contributed by atoms with Crippen LogP contribution in [0.15, 0.2) is 78.9 Å². The minimum Gasteiger partial charge on any atom is -0.481 e. The molecule has 1 aliphatic carbocycles. The normalized spacial score (nSPS) is 18.1. The maximum atomic E-state index is 13.9. The summed E-state index contributed by atoms with van der Waals surface area (Å²) in [6, 6.07) is 23.1. The van der Waals surface area contributed by atoms with Gasteiger partial charge in [-0.2, -0.15) is 0 Å². The van der Waals surface area contributed by atoms with E-state index in [0.29, 0.717) is 19.4 Å². The van der Waals surface area contributed by atoms with Crippen molar-refractivity contribution in [3.63, 3.8) is 0 Å². The van der Waals surface area contributed by atoms with Gasteiger partial charge in [-0.3, -0.25) is 14.4 Å². The molecular formula is C32H32N2O6. The lowest BCUT2D eigenvalue weighted by molar-refractivity contribution is -0.150. The Bertz CT molecular complexity index is 1390. The molecule has 3 aromatic carbocycles.